The van der Waals surface area contributed by atoms with Crippen LogP contribution in [0.15, 0.2) is 76.7 Å². The van der Waals surface area contributed by atoms with E-state index < -0.39 is 27.2 Å². The monoisotopic (exact) mass is 587 g/mol. The number of rotatable bonds is 4. The highest BCUT2D eigenvalue weighted by Gasteiger charge is 2.38. The van der Waals surface area contributed by atoms with Crippen LogP contribution >= 0.6 is 0 Å². The number of nitrogens with one attached hydrogen (secondary N) is 3. The van der Waals surface area contributed by atoms with Crippen molar-refractivity contribution in [3.8, 4) is 0 Å². The SMILES string of the molecule is CN1Cc2cc(ccc2S(=O)(=O)C2CC2)NC(=O)OCCc2ccc(cc2)C(Nc2ccc3nc[nH]c(=O)c3c2)C1=O. The third-order valence-corrected chi connectivity index (χ3v) is 9.86. The molecule has 4 bridgehead atoms. The Balaban J connectivity index is 1.40. The lowest BCUT2D eigenvalue weighted by atomic mass is 10.0. The van der Waals surface area contributed by atoms with E-state index in [4.69, 9.17) is 4.74 Å². The summed E-state index contributed by atoms with van der Waals surface area (Å²) in [7, 11) is -1.99. The number of fused-ring (bicyclic) bond motifs is 10. The fourth-order valence-electron chi connectivity index (χ4n) is 5.08. The van der Waals surface area contributed by atoms with E-state index in [1.807, 2.05) is 24.3 Å². The van der Waals surface area contributed by atoms with Gasteiger partial charge in [0.15, 0.2) is 9.84 Å². The fourth-order valence-corrected chi connectivity index (χ4v) is 6.94. The normalized spacial score (nSPS) is 18.0. The molecule has 1 aromatic heterocycles. The number of amides is 2. The molecule has 1 fully saturated rings. The molecule has 2 aliphatic heterocycles. The lowest BCUT2D eigenvalue weighted by molar-refractivity contribution is -0.131. The van der Waals surface area contributed by atoms with E-state index in [0.717, 1.165) is 5.56 Å². The number of H-pyrrole nitrogens is 1. The Hall–Kier alpha value is -4.71. The second-order valence-corrected chi connectivity index (χ2v) is 12.8. The molecule has 3 aromatic carbocycles. The molecule has 1 unspecified atom stereocenters. The second kappa shape index (κ2) is 10.9. The van der Waals surface area contributed by atoms with Crippen molar-refractivity contribution in [1.82, 2.24) is 14.9 Å². The number of hydrogen-bond donors (Lipinski definition) is 3. The number of nitrogens with zero attached hydrogens (tertiary/aromatic N) is 2. The Morgan fingerprint density at radius 2 is 1.79 bits per heavy atom. The molecule has 0 spiro atoms. The van der Waals surface area contributed by atoms with Gasteiger partial charge in [0.05, 0.1) is 34.0 Å². The quantitative estimate of drug-likeness (QED) is 0.327. The van der Waals surface area contributed by atoms with Crippen molar-refractivity contribution >= 4 is 44.1 Å². The molecule has 42 heavy (non-hydrogen) atoms. The maximum absolute atomic E-state index is 14.1. The van der Waals surface area contributed by atoms with Gasteiger partial charge in [-0.05, 0) is 65.9 Å². The zero-order valence-corrected chi connectivity index (χ0v) is 23.6. The molecule has 1 aliphatic carbocycles. The van der Waals surface area contributed by atoms with E-state index in [2.05, 4.69) is 20.6 Å². The summed E-state index contributed by atoms with van der Waals surface area (Å²) < 4.78 is 31.9. The van der Waals surface area contributed by atoms with Crippen molar-refractivity contribution in [3.05, 3.63) is 94.0 Å². The number of ether oxygens (including phenoxy) is 1. The molecule has 1 saturated carbocycles. The van der Waals surface area contributed by atoms with E-state index in [0.29, 0.717) is 52.7 Å². The number of benzene rings is 3. The van der Waals surface area contributed by atoms with E-state index in [9.17, 15) is 22.8 Å². The van der Waals surface area contributed by atoms with Gasteiger partial charge >= 0.3 is 6.09 Å². The van der Waals surface area contributed by atoms with Crippen LogP contribution < -0.4 is 16.2 Å². The fraction of sp³-hybridized carbons (Fsp3) is 0.267. The first kappa shape index (κ1) is 27.5. The maximum atomic E-state index is 14.1. The summed E-state index contributed by atoms with van der Waals surface area (Å²) in [5.74, 6) is -0.317. The third kappa shape index (κ3) is 5.57. The maximum Gasteiger partial charge on any atom is 0.411 e. The van der Waals surface area contributed by atoms with Gasteiger partial charge in [0.2, 0.25) is 5.91 Å². The molecule has 216 valence electrons. The first-order valence-electron chi connectivity index (χ1n) is 13.6. The molecule has 11 nitrogen and oxygen atoms in total. The van der Waals surface area contributed by atoms with Crippen molar-refractivity contribution in [1.29, 1.82) is 0 Å². The Morgan fingerprint density at radius 1 is 1.00 bits per heavy atom. The van der Waals surface area contributed by atoms with Gasteiger partial charge in [0, 0.05) is 31.4 Å². The number of sulfone groups is 1. The Morgan fingerprint density at radius 3 is 2.55 bits per heavy atom. The Kier molecular flexibility index (Phi) is 7.15. The molecule has 3 aliphatic rings. The number of hydrogen-bond acceptors (Lipinski definition) is 8. The second-order valence-electron chi connectivity index (χ2n) is 10.6. The average Bonchev–Trinajstić information content (AvgIpc) is 3.83. The zero-order chi connectivity index (χ0) is 29.4. The number of carbonyl (C=O) groups is 2. The van der Waals surface area contributed by atoms with Crippen molar-refractivity contribution in [2.24, 2.45) is 0 Å². The van der Waals surface area contributed by atoms with Crippen LogP contribution in [0.1, 0.15) is 35.6 Å². The predicted molar refractivity (Wildman–Crippen MR) is 157 cm³/mol. The molecule has 0 radical (unpaired) electrons. The summed E-state index contributed by atoms with van der Waals surface area (Å²) >= 11 is 0. The molecule has 3 N–H and O–H groups in total. The highest BCUT2D eigenvalue weighted by molar-refractivity contribution is 7.92. The smallest absolute Gasteiger partial charge is 0.411 e. The van der Waals surface area contributed by atoms with Crippen LogP contribution in [0, 0.1) is 0 Å². The first-order chi connectivity index (χ1) is 20.2. The molecule has 2 amide bonds. The van der Waals surface area contributed by atoms with Gasteiger partial charge in [-0.3, -0.25) is 14.9 Å². The lowest BCUT2D eigenvalue weighted by Crippen LogP contribution is -2.35. The van der Waals surface area contributed by atoms with Crippen LogP contribution in [0.4, 0.5) is 16.2 Å². The van der Waals surface area contributed by atoms with Gasteiger partial charge in [-0.2, -0.15) is 0 Å². The molecule has 12 heteroatoms. The molecule has 3 heterocycles. The van der Waals surface area contributed by atoms with Gasteiger partial charge in [0.1, 0.15) is 6.04 Å². The van der Waals surface area contributed by atoms with Crippen LogP contribution in [-0.4, -0.2) is 54.2 Å². The topological polar surface area (TPSA) is 151 Å². The molecular weight excluding hydrogens is 558 g/mol. The number of carbonyl (C=O) groups excluding carboxylic acids is 2. The van der Waals surface area contributed by atoms with E-state index in [1.54, 1.807) is 31.3 Å². The molecule has 1 atom stereocenters. The van der Waals surface area contributed by atoms with Crippen LogP contribution in [0.25, 0.3) is 10.9 Å². The van der Waals surface area contributed by atoms with Crippen LogP contribution in [0.5, 0.6) is 0 Å². The molecule has 7 rings (SSSR count). The van der Waals surface area contributed by atoms with Gasteiger partial charge in [-0.25, -0.2) is 18.2 Å². The Labute approximate surface area is 241 Å². The standard InChI is InChI=1S/C30H29N5O6S/c1-35-16-20-14-21(7-11-26(20)42(39,40)23-8-9-23)34-30(38)41-13-12-18-2-4-19(5-3-18)27(29(35)37)33-22-6-10-25-24(15-22)28(36)32-17-31-25/h2-7,10-11,14-15,17,23,27,33H,8-9,12-13,16H2,1H3,(H,34,38)(H,31,32,36). The highest BCUT2D eigenvalue weighted by atomic mass is 32.2. The number of likely N-dealkylation sites (N-methyl/N-ethyl adjacent to an activating group) is 1. The minimum Gasteiger partial charge on any atom is -0.449 e. The largest absolute Gasteiger partial charge is 0.449 e. The predicted octanol–water partition coefficient (Wildman–Crippen LogP) is 3.78. The van der Waals surface area contributed by atoms with Gasteiger partial charge in [-0.1, -0.05) is 24.3 Å². The van der Waals surface area contributed by atoms with Crippen molar-refractivity contribution in [2.75, 3.05) is 24.3 Å². The summed E-state index contributed by atoms with van der Waals surface area (Å²) in [5.41, 5.74) is 3.10. The van der Waals surface area contributed by atoms with Gasteiger partial charge in [-0.15, -0.1) is 0 Å². The summed E-state index contributed by atoms with van der Waals surface area (Å²) in [6, 6.07) is 16.2. The highest BCUT2D eigenvalue weighted by Crippen LogP contribution is 2.36. The number of aromatic amines is 1. The zero-order valence-electron chi connectivity index (χ0n) is 22.8. The number of anilines is 2. The lowest BCUT2D eigenvalue weighted by Gasteiger charge is -2.27. The number of aromatic nitrogens is 2. The van der Waals surface area contributed by atoms with E-state index in [1.165, 1.54) is 23.4 Å². The minimum absolute atomic E-state index is 0.0255. The van der Waals surface area contributed by atoms with Crippen LogP contribution in [0.3, 0.4) is 0 Å². The van der Waals surface area contributed by atoms with Gasteiger partial charge < -0.3 is 19.9 Å². The van der Waals surface area contributed by atoms with E-state index in [-0.39, 0.29) is 29.5 Å². The van der Waals surface area contributed by atoms with Crippen molar-refractivity contribution in [3.63, 3.8) is 0 Å². The summed E-state index contributed by atoms with van der Waals surface area (Å²) in [6.07, 6.45) is 2.33. The van der Waals surface area contributed by atoms with Crippen molar-refractivity contribution < 1.29 is 22.7 Å². The van der Waals surface area contributed by atoms with Crippen LogP contribution in [-0.2, 0) is 32.3 Å². The van der Waals surface area contributed by atoms with Crippen molar-refractivity contribution in [2.45, 2.75) is 42.0 Å². The summed E-state index contributed by atoms with van der Waals surface area (Å²) in [4.78, 5) is 47.2. The molecular formula is C30H29N5O6S. The summed E-state index contributed by atoms with van der Waals surface area (Å²) in [6.45, 7) is 0.109. The molecule has 4 aromatic rings. The Bertz CT molecular complexity index is 1850. The van der Waals surface area contributed by atoms with Crippen LogP contribution in [0.2, 0.25) is 0 Å². The minimum atomic E-state index is -3.60. The van der Waals surface area contributed by atoms with E-state index >= 15 is 0 Å². The first-order valence-corrected chi connectivity index (χ1v) is 15.1. The van der Waals surface area contributed by atoms with Gasteiger partial charge in [0.25, 0.3) is 5.56 Å². The summed E-state index contributed by atoms with van der Waals surface area (Å²) in [5, 5.41) is 5.86. The third-order valence-electron chi connectivity index (χ3n) is 7.50. The average molecular weight is 588 g/mol. The molecule has 0 saturated heterocycles.